The Labute approximate surface area is 79.8 Å². The fraction of sp³-hybridized carbons (Fsp3) is 0.333. The van der Waals surface area contributed by atoms with Gasteiger partial charge in [-0.15, -0.1) is 0 Å². The van der Waals surface area contributed by atoms with E-state index in [1.807, 2.05) is 0 Å². The molecule has 0 radical (unpaired) electrons. The van der Waals surface area contributed by atoms with E-state index in [-0.39, 0.29) is 5.82 Å². The van der Waals surface area contributed by atoms with E-state index < -0.39 is 28.2 Å². The lowest BCUT2D eigenvalue weighted by Gasteiger charge is -2.01. The van der Waals surface area contributed by atoms with Gasteiger partial charge in [-0.05, 0) is 0 Å². The molecule has 0 fully saturated rings. The summed E-state index contributed by atoms with van der Waals surface area (Å²) in [7, 11) is -3.65. The largest absolute Gasteiger partial charge is 0.481 e. The van der Waals surface area contributed by atoms with Crippen LogP contribution in [0.1, 0.15) is 6.42 Å². The van der Waals surface area contributed by atoms with Gasteiger partial charge in [0, 0.05) is 6.07 Å². The number of rotatable bonds is 5. The normalized spacial score (nSPS) is 11.1. The van der Waals surface area contributed by atoms with E-state index in [0.717, 1.165) is 0 Å². The van der Waals surface area contributed by atoms with Crippen LogP contribution in [0.15, 0.2) is 16.9 Å². The van der Waals surface area contributed by atoms with Crippen LogP contribution in [0, 0.1) is 0 Å². The van der Waals surface area contributed by atoms with Crippen molar-refractivity contribution >= 4 is 21.8 Å². The number of nitrogens with zero attached hydrogens (tertiary/aromatic N) is 1. The Balaban J connectivity index is 2.55. The average Bonchev–Trinajstić information content (AvgIpc) is 2.53. The molecule has 1 heterocycles. The Morgan fingerprint density at radius 3 is 2.86 bits per heavy atom. The minimum atomic E-state index is -3.65. The van der Waals surface area contributed by atoms with Crippen molar-refractivity contribution in [2.75, 3.05) is 10.5 Å². The molecular formula is C6H8N2O5S. The summed E-state index contributed by atoms with van der Waals surface area (Å²) in [6.07, 6.45) is 0.752. The van der Waals surface area contributed by atoms with Gasteiger partial charge in [-0.3, -0.25) is 9.52 Å². The lowest BCUT2D eigenvalue weighted by molar-refractivity contribution is -0.136. The topological polar surface area (TPSA) is 110 Å². The Kier molecular flexibility index (Phi) is 3.07. The quantitative estimate of drug-likeness (QED) is 0.716. The van der Waals surface area contributed by atoms with E-state index in [4.69, 9.17) is 5.11 Å². The maximum Gasteiger partial charge on any atom is 0.304 e. The molecule has 1 aromatic heterocycles. The average molecular weight is 220 g/mol. The van der Waals surface area contributed by atoms with Crippen LogP contribution in [0.3, 0.4) is 0 Å². The van der Waals surface area contributed by atoms with E-state index in [0.29, 0.717) is 0 Å². The summed E-state index contributed by atoms with van der Waals surface area (Å²) < 4.78 is 28.7. The fourth-order valence-corrected chi connectivity index (χ4v) is 1.67. The van der Waals surface area contributed by atoms with Crippen LogP contribution < -0.4 is 4.72 Å². The molecule has 0 aliphatic carbocycles. The molecule has 14 heavy (non-hydrogen) atoms. The highest BCUT2D eigenvalue weighted by atomic mass is 32.2. The van der Waals surface area contributed by atoms with E-state index in [2.05, 4.69) is 14.4 Å². The molecule has 0 atom stereocenters. The standard InChI is InChI=1S/C6H8N2O5S/c9-6(10)2-4-14(11,12)8-5-1-3-13-7-5/h1,3H,2,4H2,(H,7,8)(H,9,10). The third-order valence-corrected chi connectivity index (χ3v) is 2.54. The maximum atomic E-state index is 11.1. The first kappa shape index (κ1) is 10.5. The number of carbonyl (C=O) groups is 1. The van der Waals surface area contributed by atoms with Crippen LogP contribution in [-0.2, 0) is 14.8 Å². The second-order valence-corrected chi connectivity index (χ2v) is 4.29. The van der Waals surface area contributed by atoms with Gasteiger partial charge in [0.25, 0.3) is 0 Å². The van der Waals surface area contributed by atoms with Gasteiger partial charge in [-0.1, -0.05) is 5.16 Å². The van der Waals surface area contributed by atoms with Gasteiger partial charge >= 0.3 is 5.97 Å². The molecule has 0 amide bonds. The molecular weight excluding hydrogens is 212 g/mol. The molecule has 0 saturated heterocycles. The molecule has 0 saturated carbocycles. The minimum Gasteiger partial charge on any atom is -0.481 e. The van der Waals surface area contributed by atoms with E-state index in [1.165, 1.54) is 12.3 Å². The summed E-state index contributed by atoms with van der Waals surface area (Å²) in [6, 6.07) is 1.32. The summed E-state index contributed by atoms with van der Waals surface area (Å²) in [5, 5.41) is 11.6. The molecule has 0 bridgehead atoms. The van der Waals surface area contributed by atoms with Crippen LogP contribution in [0.4, 0.5) is 5.82 Å². The molecule has 0 unspecified atom stereocenters. The summed E-state index contributed by atoms with van der Waals surface area (Å²) in [5.41, 5.74) is 0. The van der Waals surface area contributed by atoms with Crippen molar-refractivity contribution in [3.8, 4) is 0 Å². The predicted molar refractivity (Wildman–Crippen MR) is 46.2 cm³/mol. The van der Waals surface area contributed by atoms with Crippen LogP contribution in [0.25, 0.3) is 0 Å². The zero-order valence-electron chi connectivity index (χ0n) is 7.00. The van der Waals surface area contributed by atoms with Crippen molar-refractivity contribution in [1.82, 2.24) is 5.16 Å². The molecule has 0 spiro atoms. The van der Waals surface area contributed by atoms with Gasteiger partial charge in [0.15, 0.2) is 5.82 Å². The van der Waals surface area contributed by atoms with Gasteiger partial charge < -0.3 is 9.63 Å². The minimum absolute atomic E-state index is 0.0374. The summed E-state index contributed by atoms with van der Waals surface area (Å²) in [5.74, 6) is -1.62. The number of nitrogens with one attached hydrogen (secondary N) is 1. The third kappa shape index (κ3) is 3.44. The van der Waals surface area contributed by atoms with Crippen LogP contribution >= 0.6 is 0 Å². The number of hydrogen-bond acceptors (Lipinski definition) is 5. The number of hydrogen-bond donors (Lipinski definition) is 2. The summed E-state index contributed by atoms with van der Waals surface area (Å²) in [6.45, 7) is 0. The zero-order valence-corrected chi connectivity index (χ0v) is 7.82. The lowest BCUT2D eigenvalue weighted by Crippen LogP contribution is -2.18. The third-order valence-electron chi connectivity index (χ3n) is 1.28. The number of sulfonamides is 1. The fourth-order valence-electron chi connectivity index (χ4n) is 0.697. The first-order valence-electron chi connectivity index (χ1n) is 3.62. The molecule has 0 aliphatic heterocycles. The van der Waals surface area contributed by atoms with E-state index >= 15 is 0 Å². The molecule has 1 aromatic rings. The van der Waals surface area contributed by atoms with Gasteiger partial charge in [0.1, 0.15) is 6.26 Å². The molecule has 2 N–H and O–H groups in total. The smallest absolute Gasteiger partial charge is 0.304 e. The summed E-state index contributed by atoms with van der Waals surface area (Å²) >= 11 is 0. The van der Waals surface area contributed by atoms with E-state index in [1.54, 1.807) is 0 Å². The molecule has 8 heteroatoms. The Bertz CT molecular complexity index is 396. The maximum absolute atomic E-state index is 11.1. The first-order chi connectivity index (χ1) is 6.49. The lowest BCUT2D eigenvalue weighted by atomic mass is 10.5. The molecule has 1 rings (SSSR count). The highest BCUT2D eigenvalue weighted by Crippen LogP contribution is 2.05. The van der Waals surface area contributed by atoms with Crippen molar-refractivity contribution in [2.45, 2.75) is 6.42 Å². The summed E-state index contributed by atoms with van der Waals surface area (Å²) in [4.78, 5) is 10.1. The molecule has 78 valence electrons. The zero-order chi connectivity index (χ0) is 10.6. The molecule has 7 nitrogen and oxygen atoms in total. The molecule has 0 aromatic carbocycles. The Hall–Kier alpha value is -1.57. The van der Waals surface area contributed by atoms with Crippen LogP contribution in [0.2, 0.25) is 0 Å². The van der Waals surface area contributed by atoms with Gasteiger partial charge in [-0.25, -0.2) is 8.42 Å². The van der Waals surface area contributed by atoms with Crippen molar-refractivity contribution in [2.24, 2.45) is 0 Å². The second kappa shape index (κ2) is 4.09. The highest BCUT2D eigenvalue weighted by molar-refractivity contribution is 7.92. The second-order valence-electron chi connectivity index (χ2n) is 2.45. The van der Waals surface area contributed by atoms with Gasteiger partial charge in [-0.2, -0.15) is 0 Å². The Morgan fingerprint density at radius 1 is 1.64 bits per heavy atom. The number of carboxylic acids is 1. The van der Waals surface area contributed by atoms with Crippen LogP contribution in [0.5, 0.6) is 0 Å². The number of aromatic nitrogens is 1. The highest BCUT2D eigenvalue weighted by Gasteiger charge is 2.13. The Morgan fingerprint density at radius 2 is 2.36 bits per heavy atom. The van der Waals surface area contributed by atoms with Gasteiger partial charge in [0.2, 0.25) is 10.0 Å². The number of anilines is 1. The molecule has 0 aliphatic rings. The van der Waals surface area contributed by atoms with Crippen molar-refractivity contribution in [1.29, 1.82) is 0 Å². The van der Waals surface area contributed by atoms with Gasteiger partial charge in [0.05, 0.1) is 12.2 Å². The number of aliphatic carboxylic acids is 1. The van der Waals surface area contributed by atoms with E-state index in [9.17, 15) is 13.2 Å². The van der Waals surface area contributed by atoms with Crippen molar-refractivity contribution < 1.29 is 22.8 Å². The first-order valence-corrected chi connectivity index (χ1v) is 5.27. The van der Waals surface area contributed by atoms with Crippen molar-refractivity contribution in [3.05, 3.63) is 12.3 Å². The monoisotopic (exact) mass is 220 g/mol. The van der Waals surface area contributed by atoms with Crippen molar-refractivity contribution in [3.63, 3.8) is 0 Å². The van der Waals surface area contributed by atoms with Crippen LogP contribution in [-0.4, -0.2) is 30.4 Å². The predicted octanol–water partition coefficient (Wildman–Crippen LogP) is -0.109. The number of carboxylic acid groups (broad SMARTS) is 1. The SMILES string of the molecule is O=C(O)CCS(=O)(=O)Nc1ccon1.